The first-order valence-electron chi connectivity index (χ1n) is 6.72. The molecule has 19 heavy (non-hydrogen) atoms. The molecule has 0 bridgehead atoms. The molecule has 0 spiro atoms. The second-order valence-corrected chi connectivity index (χ2v) is 6.30. The standard InChI is InChI=1S/C14H24N2O3/c1-9(17)11-7-6-8-16(11)13(19)12(14(3,4)5)15-10(2)18/h11-12H,6-8H2,1-5H3,(H,15,18). The van der Waals surface area contributed by atoms with Gasteiger partial charge in [-0.15, -0.1) is 0 Å². The van der Waals surface area contributed by atoms with Gasteiger partial charge in [-0.25, -0.2) is 0 Å². The summed E-state index contributed by atoms with van der Waals surface area (Å²) in [7, 11) is 0. The third-order valence-electron chi connectivity index (χ3n) is 3.47. The highest BCUT2D eigenvalue weighted by atomic mass is 16.2. The Labute approximate surface area is 114 Å². The van der Waals surface area contributed by atoms with Gasteiger partial charge in [-0.2, -0.15) is 0 Å². The molecule has 108 valence electrons. The monoisotopic (exact) mass is 268 g/mol. The largest absolute Gasteiger partial charge is 0.344 e. The molecule has 1 N–H and O–H groups in total. The van der Waals surface area contributed by atoms with Crippen molar-refractivity contribution in [1.29, 1.82) is 0 Å². The van der Waals surface area contributed by atoms with Crippen molar-refractivity contribution in [1.82, 2.24) is 10.2 Å². The quantitative estimate of drug-likeness (QED) is 0.834. The van der Waals surface area contributed by atoms with E-state index in [2.05, 4.69) is 5.32 Å². The van der Waals surface area contributed by atoms with Gasteiger partial charge in [0, 0.05) is 13.5 Å². The highest BCUT2D eigenvalue weighted by Gasteiger charge is 2.40. The Hall–Kier alpha value is -1.39. The Bertz CT molecular complexity index is 385. The topological polar surface area (TPSA) is 66.5 Å². The minimum absolute atomic E-state index is 0.0151. The van der Waals surface area contributed by atoms with Crippen LogP contribution in [0, 0.1) is 5.41 Å². The van der Waals surface area contributed by atoms with E-state index in [1.165, 1.54) is 13.8 Å². The van der Waals surface area contributed by atoms with E-state index in [1.807, 2.05) is 20.8 Å². The number of hydrogen-bond donors (Lipinski definition) is 1. The number of ketones is 1. The molecule has 2 unspecified atom stereocenters. The highest BCUT2D eigenvalue weighted by Crippen LogP contribution is 2.25. The lowest BCUT2D eigenvalue weighted by molar-refractivity contribution is -0.142. The maximum Gasteiger partial charge on any atom is 0.246 e. The summed E-state index contributed by atoms with van der Waals surface area (Å²) in [4.78, 5) is 37.1. The summed E-state index contributed by atoms with van der Waals surface area (Å²) in [5, 5.41) is 2.71. The van der Waals surface area contributed by atoms with E-state index in [0.29, 0.717) is 6.54 Å². The van der Waals surface area contributed by atoms with Gasteiger partial charge >= 0.3 is 0 Å². The van der Waals surface area contributed by atoms with Crippen LogP contribution >= 0.6 is 0 Å². The van der Waals surface area contributed by atoms with E-state index in [4.69, 9.17) is 0 Å². The van der Waals surface area contributed by atoms with Gasteiger partial charge in [0.25, 0.3) is 0 Å². The molecule has 5 nitrogen and oxygen atoms in total. The van der Waals surface area contributed by atoms with Crippen LogP contribution in [-0.2, 0) is 14.4 Å². The number of nitrogens with one attached hydrogen (secondary N) is 1. The van der Waals surface area contributed by atoms with Crippen molar-refractivity contribution in [3.63, 3.8) is 0 Å². The van der Waals surface area contributed by atoms with Gasteiger partial charge in [0.1, 0.15) is 6.04 Å². The van der Waals surface area contributed by atoms with Crippen LogP contribution in [0.3, 0.4) is 0 Å². The van der Waals surface area contributed by atoms with Crippen LogP contribution in [0.1, 0.15) is 47.5 Å². The third-order valence-corrected chi connectivity index (χ3v) is 3.47. The van der Waals surface area contributed by atoms with Gasteiger partial charge < -0.3 is 10.2 Å². The summed E-state index contributed by atoms with van der Waals surface area (Å²) in [6, 6.07) is -0.920. The Morgan fingerprint density at radius 2 is 1.79 bits per heavy atom. The molecule has 1 aliphatic rings. The van der Waals surface area contributed by atoms with Gasteiger partial charge in [0.2, 0.25) is 11.8 Å². The third kappa shape index (κ3) is 3.78. The molecule has 1 saturated heterocycles. The van der Waals surface area contributed by atoms with E-state index in [-0.39, 0.29) is 29.1 Å². The fraction of sp³-hybridized carbons (Fsp3) is 0.786. The first-order valence-corrected chi connectivity index (χ1v) is 6.72. The number of amides is 2. The predicted octanol–water partition coefficient (Wildman–Crippen LogP) is 1.12. The average molecular weight is 268 g/mol. The summed E-state index contributed by atoms with van der Waals surface area (Å²) in [6.45, 7) is 9.23. The van der Waals surface area contributed by atoms with Gasteiger partial charge in [0.05, 0.1) is 6.04 Å². The van der Waals surface area contributed by atoms with Crippen LogP contribution in [-0.4, -0.2) is 41.1 Å². The normalized spacial score (nSPS) is 21.1. The van der Waals surface area contributed by atoms with Crippen LogP contribution < -0.4 is 5.32 Å². The fourth-order valence-electron chi connectivity index (χ4n) is 2.47. The minimum atomic E-state index is -0.593. The lowest BCUT2D eigenvalue weighted by atomic mass is 9.85. The zero-order valence-electron chi connectivity index (χ0n) is 12.4. The minimum Gasteiger partial charge on any atom is -0.344 e. The molecule has 2 atom stereocenters. The van der Waals surface area contributed by atoms with E-state index < -0.39 is 6.04 Å². The van der Waals surface area contributed by atoms with Gasteiger partial charge in [-0.1, -0.05) is 20.8 Å². The van der Waals surface area contributed by atoms with Crippen LogP contribution in [0.15, 0.2) is 0 Å². The van der Waals surface area contributed by atoms with Crippen molar-refractivity contribution < 1.29 is 14.4 Å². The van der Waals surface area contributed by atoms with Crippen molar-refractivity contribution in [3.8, 4) is 0 Å². The fourth-order valence-corrected chi connectivity index (χ4v) is 2.47. The zero-order valence-corrected chi connectivity index (χ0v) is 12.4. The first kappa shape index (κ1) is 15.7. The molecular weight excluding hydrogens is 244 g/mol. The van der Waals surface area contributed by atoms with E-state index in [9.17, 15) is 14.4 Å². The predicted molar refractivity (Wildman–Crippen MR) is 72.5 cm³/mol. The van der Waals surface area contributed by atoms with Crippen molar-refractivity contribution >= 4 is 17.6 Å². The lowest BCUT2D eigenvalue weighted by Gasteiger charge is -2.35. The Morgan fingerprint density at radius 1 is 1.21 bits per heavy atom. The summed E-state index contributed by atoms with van der Waals surface area (Å²) in [5.41, 5.74) is -0.382. The van der Waals surface area contributed by atoms with Crippen LogP contribution in [0.2, 0.25) is 0 Å². The number of Topliss-reactive ketones (excluding diaryl/α,β-unsaturated/α-hetero) is 1. The molecule has 1 aliphatic heterocycles. The van der Waals surface area contributed by atoms with Crippen LogP contribution in [0.25, 0.3) is 0 Å². The molecule has 1 fully saturated rings. The molecule has 1 heterocycles. The molecule has 0 aromatic rings. The number of nitrogens with zero attached hydrogens (tertiary/aromatic N) is 1. The van der Waals surface area contributed by atoms with Crippen molar-refractivity contribution in [2.24, 2.45) is 5.41 Å². The lowest BCUT2D eigenvalue weighted by Crippen LogP contribution is -2.56. The molecule has 5 heteroatoms. The molecule has 1 rings (SSSR count). The summed E-state index contributed by atoms with van der Waals surface area (Å²) < 4.78 is 0. The molecule has 0 aromatic heterocycles. The van der Waals surface area contributed by atoms with Crippen LogP contribution in [0.4, 0.5) is 0 Å². The Morgan fingerprint density at radius 3 is 2.21 bits per heavy atom. The molecule has 0 aliphatic carbocycles. The summed E-state index contributed by atoms with van der Waals surface area (Å²) >= 11 is 0. The zero-order chi connectivity index (χ0) is 14.8. The number of likely N-dealkylation sites (tertiary alicyclic amines) is 1. The average Bonchev–Trinajstić information content (AvgIpc) is 2.71. The van der Waals surface area contributed by atoms with Crippen molar-refractivity contribution in [2.75, 3.05) is 6.54 Å². The number of carbonyl (C=O) groups is 3. The number of rotatable bonds is 3. The molecule has 0 radical (unpaired) electrons. The van der Waals surface area contributed by atoms with Crippen molar-refractivity contribution in [2.45, 2.75) is 59.5 Å². The summed E-state index contributed by atoms with van der Waals surface area (Å²) in [6.07, 6.45) is 1.56. The SMILES string of the molecule is CC(=O)NC(C(=O)N1CCCC1C(C)=O)C(C)(C)C. The molecule has 0 saturated carbocycles. The van der Waals surface area contributed by atoms with Gasteiger partial charge in [0.15, 0.2) is 5.78 Å². The Balaban J connectivity index is 2.93. The van der Waals surface area contributed by atoms with E-state index in [0.717, 1.165) is 12.8 Å². The number of carbonyl (C=O) groups excluding carboxylic acids is 3. The van der Waals surface area contributed by atoms with Gasteiger partial charge in [-0.3, -0.25) is 14.4 Å². The van der Waals surface area contributed by atoms with E-state index in [1.54, 1.807) is 4.90 Å². The number of hydrogen-bond acceptors (Lipinski definition) is 3. The molecule has 2 amide bonds. The second-order valence-electron chi connectivity index (χ2n) is 6.30. The molecular formula is C14H24N2O3. The Kier molecular flexibility index (Phi) is 4.71. The van der Waals surface area contributed by atoms with Crippen LogP contribution in [0.5, 0.6) is 0 Å². The van der Waals surface area contributed by atoms with Gasteiger partial charge in [-0.05, 0) is 25.2 Å². The second kappa shape index (κ2) is 5.72. The smallest absolute Gasteiger partial charge is 0.246 e. The van der Waals surface area contributed by atoms with E-state index >= 15 is 0 Å². The first-order chi connectivity index (χ1) is 8.64. The maximum atomic E-state index is 12.6. The highest BCUT2D eigenvalue weighted by molar-refractivity contribution is 5.92. The molecule has 0 aromatic carbocycles. The van der Waals surface area contributed by atoms with Crippen molar-refractivity contribution in [3.05, 3.63) is 0 Å². The summed E-state index contributed by atoms with van der Waals surface area (Å²) in [5.74, 6) is -0.367. The maximum absolute atomic E-state index is 12.6.